The third-order valence-corrected chi connectivity index (χ3v) is 10.8. The van der Waals surface area contributed by atoms with Gasteiger partial charge < -0.3 is 14.4 Å². The number of aromatic nitrogens is 1. The lowest BCUT2D eigenvalue weighted by Crippen LogP contribution is -2.09. The van der Waals surface area contributed by atoms with Crippen LogP contribution in [0.5, 0.6) is 0 Å². The lowest BCUT2D eigenvalue weighted by Gasteiger charge is -2.25. The summed E-state index contributed by atoms with van der Waals surface area (Å²) in [4.78, 5) is 4.61. The van der Waals surface area contributed by atoms with E-state index in [9.17, 15) is 0 Å². The number of para-hydroxylation sites is 6. The van der Waals surface area contributed by atoms with Crippen molar-refractivity contribution in [3.63, 3.8) is 0 Å². The molecule has 10 rings (SSSR count). The molecule has 9 aromatic carbocycles. The third-order valence-electron chi connectivity index (χ3n) is 10.8. The fourth-order valence-electron chi connectivity index (χ4n) is 8.12. The summed E-state index contributed by atoms with van der Waals surface area (Å²) in [5.41, 5.74) is 15.0. The zero-order chi connectivity index (χ0) is 38.0. The van der Waals surface area contributed by atoms with Gasteiger partial charge in [-0.05, 0) is 114 Å². The maximum atomic E-state index is 2.43. The zero-order valence-corrected chi connectivity index (χ0v) is 31.4. The van der Waals surface area contributed by atoms with Crippen molar-refractivity contribution >= 4 is 55.9 Å². The normalized spacial score (nSPS) is 11.2. The van der Waals surface area contributed by atoms with Crippen LogP contribution in [-0.2, 0) is 0 Å². The molecule has 0 amide bonds. The molecule has 3 nitrogen and oxygen atoms in total. The lowest BCUT2D eigenvalue weighted by atomic mass is 9.99. The summed E-state index contributed by atoms with van der Waals surface area (Å²) in [5.74, 6) is 0. The highest BCUT2D eigenvalue weighted by molar-refractivity contribution is 6.14. The van der Waals surface area contributed by atoms with Crippen LogP contribution < -0.4 is 9.80 Å². The minimum Gasteiger partial charge on any atom is -0.311 e. The number of fused-ring (bicyclic) bond motifs is 3. The van der Waals surface area contributed by atoms with Crippen molar-refractivity contribution in [3.8, 4) is 27.9 Å². The Kier molecular flexibility index (Phi) is 8.86. The van der Waals surface area contributed by atoms with Crippen LogP contribution in [-0.4, -0.2) is 4.57 Å². The first kappa shape index (κ1) is 33.9. The molecule has 0 aliphatic heterocycles. The third kappa shape index (κ3) is 6.41. The smallest absolute Gasteiger partial charge is 0.0619 e. The van der Waals surface area contributed by atoms with E-state index >= 15 is 0 Å². The summed E-state index contributed by atoms with van der Waals surface area (Å²) in [7, 11) is 0. The molecule has 0 aliphatic carbocycles. The Morgan fingerprint density at radius 1 is 0.281 bits per heavy atom. The van der Waals surface area contributed by atoms with Crippen molar-refractivity contribution in [2.45, 2.75) is 0 Å². The van der Waals surface area contributed by atoms with Crippen LogP contribution in [0.1, 0.15) is 0 Å². The van der Waals surface area contributed by atoms with Gasteiger partial charge >= 0.3 is 0 Å². The first-order chi connectivity index (χ1) is 28.3. The van der Waals surface area contributed by atoms with E-state index in [0.29, 0.717) is 0 Å². The van der Waals surface area contributed by atoms with E-state index in [0.717, 1.165) is 39.8 Å². The molecule has 0 aliphatic rings. The largest absolute Gasteiger partial charge is 0.311 e. The molecule has 10 aromatic rings. The summed E-state index contributed by atoms with van der Waals surface area (Å²) in [6.45, 7) is 0. The second kappa shape index (κ2) is 14.9. The molecular weight excluding hydrogens is 691 g/mol. The number of anilines is 6. The molecule has 0 saturated carbocycles. The molecule has 1 aromatic heterocycles. The average Bonchev–Trinajstić information content (AvgIpc) is 3.63. The van der Waals surface area contributed by atoms with Crippen molar-refractivity contribution < 1.29 is 0 Å². The molecule has 0 bridgehead atoms. The molecule has 57 heavy (non-hydrogen) atoms. The van der Waals surface area contributed by atoms with Crippen LogP contribution in [0.3, 0.4) is 0 Å². The minimum absolute atomic E-state index is 1.11. The Bertz CT molecular complexity index is 2830. The Balaban J connectivity index is 1.07. The monoisotopic (exact) mass is 729 g/mol. The number of nitrogens with zero attached hydrogens (tertiary/aromatic N) is 3. The first-order valence-electron chi connectivity index (χ1n) is 19.4. The maximum Gasteiger partial charge on any atom is 0.0619 e. The van der Waals surface area contributed by atoms with Crippen molar-refractivity contribution in [1.29, 1.82) is 0 Å². The van der Waals surface area contributed by atoms with Gasteiger partial charge in [-0.2, -0.15) is 0 Å². The lowest BCUT2D eigenvalue weighted by molar-refractivity contribution is 1.18. The second-order valence-corrected chi connectivity index (χ2v) is 14.2. The van der Waals surface area contributed by atoms with Crippen LogP contribution in [0.4, 0.5) is 34.1 Å². The van der Waals surface area contributed by atoms with Crippen LogP contribution in [0.25, 0.3) is 49.7 Å². The molecule has 0 spiro atoms. The highest BCUT2D eigenvalue weighted by Gasteiger charge is 2.19. The van der Waals surface area contributed by atoms with Gasteiger partial charge in [-0.3, -0.25) is 0 Å². The molecule has 3 heteroatoms. The Morgan fingerprint density at radius 3 is 1.16 bits per heavy atom. The van der Waals surface area contributed by atoms with Crippen LogP contribution in [0.2, 0.25) is 0 Å². The van der Waals surface area contributed by atoms with Gasteiger partial charge in [0, 0.05) is 56.1 Å². The standard InChI is InChI=1S/C54H39N3/c1-6-17-43(18-7-1)55(44-19-8-2-9-20-44)48-34-29-40(30-35-48)42-33-38-53-52(39-42)51-28-16-27-50(54(51)57(53)47-25-14-5-15-26-47)41-31-36-49(37-32-41)56(45-21-10-3-11-22-45)46-23-12-4-13-24-46/h1-39H. The van der Waals surface area contributed by atoms with E-state index in [1.807, 2.05) is 0 Å². The summed E-state index contributed by atoms with van der Waals surface area (Å²) >= 11 is 0. The minimum atomic E-state index is 1.11. The quantitative estimate of drug-likeness (QED) is 0.147. The Labute approximate surface area is 333 Å². The molecule has 0 saturated heterocycles. The van der Waals surface area contributed by atoms with Gasteiger partial charge in [0.25, 0.3) is 0 Å². The fourth-order valence-corrected chi connectivity index (χ4v) is 8.12. The van der Waals surface area contributed by atoms with Crippen LogP contribution >= 0.6 is 0 Å². The molecule has 0 unspecified atom stereocenters. The zero-order valence-electron chi connectivity index (χ0n) is 31.4. The predicted molar refractivity (Wildman–Crippen MR) is 241 cm³/mol. The van der Waals surface area contributed by atoms with Crippen LogP contribution in [0, 0.1) is 0 Å². The van der Waals surface area contributed by atoms with Gasteiger partial charge in [0.1, 0.15) is 0 Å². The van der Waals surface area contributed by atoms with Crippen molar-refractivity contribution in [3.05, 3.63) is 237 Å². The summed E-state index contributed by atoms with van der Waals surface area (Å²) in [5, 5.41) is 2.45. The van der Waals surface area contributed by atoms with E-state index in [1.165, 1.54) is 44.1 Å². The van der Waals surface area contributed by atoms with Crippen molar-refractivity contribution in [2.75, 3.05) is 9.80 Å². The van der Waals surface area contributed by atoms with E-state index in [2.05, 4.69) is 251 Å². The first-order valence-corrected chi connectivity index (χ1v) is 19.4. The maximum absolute atomic E-state index is 2.43. The Morgan fingerprint density at radius 2 is 0.684 bits per heavy atom. The van der Waals surface area contributed by atoms with Gasteiger partial charge in [0.2, 0.25) is 0 Å². The van der Waals surface area contributed by atoms with Gasteiger partial charge in [0.05, 0.1) is 11.0 Å². The van der Waals surface area contributed by atoms with Crippen LogP contribution in [0.15, 0.2) is 237 Å². The number of hydrogen-bond donors (Lipinski definition) is 0. The molecule has 0 radical (unpaired) electrons. The topological polar surface area (TPSA) is 11.4 Å². The number of benzene rings is 9. The molecule has 1 heterocycles. The number of hydrogen-bond acceptors (Lipinski definition) is 2. The molecule has 0 fully saturated rings. The van der Waals surface area contributed by atoms with E-state index in [4.69, 9.17) is 0 Å². The molecule has 0 atom stereocenters. The van der Waals surface area contributed by atoms with E-state index < -0.39 is 0 Å². The summed E-state index contributed by atoms with van der Waals surface area (Å²) < 4.78 is 2.43. The van der Waals surface area contributed by atoms with Gasteiger partial charge in [-0.15, -0.1) is 0 Å². The fraction of sp³-hybridized carbons (Fsp3) is 0. The second-order valence-electron chi connectivity index (χ2n) is 14.2. The Hall–Kier alpha value is -7.62. The molecule has 270 valence electrons. The average molecular weight is 730 g/mol. The molecular formula is C54H39N3. The highest BCUT2D eigenvalue weighted by Crippen LogP contribution is 2.42. The van der Waals surface area contributed by atoms with E-state index in [-0.39, 0.29) is 0 Å². The number of rotatable bonds is 9. The predicted octanol–water partition coefficient (Wildman–Crippen LogP) is 15.1. The van der Waals surface area contributed by atoms with Crippen molar-refractivity contribution in [1.82, 2.24) is 4.57 Å². The summed E-state index contributed by atoms with van der Waals surface area (Å²) in [6.07, 6.45) is 0. The molecule has 0 N–H and O–H groups in total. The highest BCUT2D eigenvalue weighted by atomic mass is 15.1. The van der Waals surface area contributed by atoms with E-state index in [1.54, 1.807) is 0 Å². The van der Waals surface area contributed by atoms with Gasteiger partial charge in [-0.1, -0.05) is 140 Å². The van der Waals surface area contributed by atoms with Gasteiger partial charge in [0.15, 0.2) is 0 Å². The van der Waals surface area contributed by atoms with Crippen molar-refractivity contribution in [2.24, 2.45) is 0 Å². The SMILES string of the molecule is c1ccc(N(c2ccccc2)c2ccc(-c3ccc4c(c3)c3cccc(-c5ccc(N(c6ccccc6)c6ccccc6)cc5)c3n4-c3ccccc3)cc2)cc1. The van der Waals surface area contributed by atoms with Gasteiger partial charge in [-0.25, -0.2) is 0 Å². The summed E-state index contributed by atoms with van der Waals surface area (Å²) in [6, 6.07) is 84.6.